The van der Waals surface area contributed by atoms with Crippen LogP contribution in [0.15, 0.2) is 23.0 Å². The first kappa shape index (κ1) is 11.1. The molecule has 0 N–H and O–H groups in total. The molecule has 2 rings (SSSR count). The van der Waals surface area contributed by atoms with Gasteiger partial charge in [-0.1, -0.05) is 13.8 Å². The van der Waals surface area contributed by atoms with Crippen LogP contribution in [-0.4, -0.2) is 18.7 Å². The number of hydrogen-bond donors (Lipinski definition) is 0. The molecule has 0 aromatic rings. The van der Waals surface area contributed by atoms with Gasteiger partial charge in [0.15, 0.2) is 11.5 Å². The number of ether oxygens (including phenoxy) is 1. The maximum absolute atomic E-state index is 12.0. The van der Waals surface area contributed by atoms with E-state index in [0.29, 0.717) is 35.8 Å². The third-order valence-electron chi connectivity index (χ3n) is 3.67. The zero-order chi connectivity index (χ0) is 11.9. The van der Waals surface area contributed by atoms with Gasteiger partial charge in [-0.05, 0) is 24.7 Å². The fourth-order valence-electron chi connectivity index (χ4n) is 2.34. The van der Waals surface area contributed by atoms with Crippen LogP contribution >= 0.6 is 0 Å². The van der Waals surface area contributed by atoms with Gasteiger partial charge in [-0.3, -0.25) is 9.59 Å². The molecule has 0 unspecified atom stereocenters. The summed E-state index contributed by atoms with van der Waals surface area (Å²) in [5.41, 5.74) is 1.38. The highest BCUT2D eigenvalue weighted by Crippen LogP contribution is 2.37. The average Bonchev–Trinajstić information content (AvgIpc) is 2.26. The molecule has 0 amide bonds. The minimum absolute atomic E-state index is 0.0507. The Morgan fingerprint density at radius 1 is 1.12 bits per heavy atom. The second-order valence-electron chi connectivity index (χ2n) is 4.73. The second-order valence-corrected chi connectivity index (χ2v) is 4.73. The van der Waals surface area contributed by atoms with Crippen molar-refractivity contribution < 1.29 is 14.3 Å². The molecule has 0 bridgehead atoms. The zero-order valence-corrected chi connectivity index (χ0v) is 9.87. The predicted octanol–water partition coefficient (Wildman–Crippen LogP) is 2.03. The fourth-order valence-corrected chi connectivity index (χ4v) is 2.34. The summed E-state index contributed by atoms with van der Waals surface area (Å²) in [6.45, 7) is 4.25. The van der Waals surface area contributed by atoms with Crippen LogP contribution in [0.4, 0.5) is 0 Å². The van der Waals surface area contributed by atoms with Gasteiger partial charge in [-0.15, -0.1) is 0 Å². The summed E-state index contributed by atoms with van der Waals surface area (Å²) in [5, 5.41) is 0. The van der Waals surface area contributed by atoms with Crippen molar-refractivity contribution in [1.29, 1.82) is 0 Å². The average molecular weight is 220 g/mol. The normalized spacial score (nSPS) is 30.1. The lowest BCUT2D eigenvalue weighted by atomic mass is 9.73. The van der Waals surface area contributed by atoms with Gasteiger partial charge >= 0.3 is 0 Å². The maximum atomic E-state index is 12.0. The molecule has 0 saturated carbocycles. The topological polar surface area (TPSA) is 43.4 Å². The fraction of sp³-hybridized carbons (Fsp3) is 0.538. The molecule has 0 fully saturated rings. The molecule has 2 aliphatic rings. The van der Waals surface area contributed by atoms with E-state index in [-0.39, 0.29) is 17.3 Å². The van der Waals surface area contributed by atoms with E-state index in [4.69, 9.17) is 4.74 Å². The lowest BCUT2D eigenvalue weighted by Gasteiger charge is -2.30. The summed E-state index contributed by atoms with van der Waals surface area (Å²) < 4.78 is 4.94. The lowest BCUT2D eigenvalue weighted by Crippen LogP contribution is -2.28. The first-order valence-corrected chi connectivity index (χ1v) is 5.61. The Kier molecular flexibility index (Phi) is 2.70. The number of hydrogen-bond acceptors (Lipinski definition) is 3. The van der Waals surface area contributed by atoms with E-state index in [0.717, 1.165) is 0 Å². The van der Waals surface area contributed by atoms with E-state index in [1.807, 2.05) is 0 Å². The Hall–Kier alpha value is -1.38. The zero-order valence-electron chi connectivity index (χ0n) is 9.87. The van der Waals surface area contributed by atoms with Crippen molar-refractivity contribution in [3.05, 3.63) is 23.0 Å². The highest BCUT2D eigenvalue weighted by molar-refractivity contribution is 6.22. The van der Waals surface area contributed by atoms with Crippen molar-refractivity contribution in [2.75, 3.05) is 7.11 Å². The van der Waals surface area contributed by atoms with E-state index in [2.05, 4.69) is 13.8 Å². The second kappa shape index (κ2) is 3.89. The van der Waals surface area contributed by atoms with Gasteiger partial charge < -0.3 is 4.74 Å². The SMILES string of the molecule is COC1=CC(=O)C2=C(C[C@@H](C)[C@@H](C)C2)C1=O. The molecular formula is C13H16O3. The minimum Gasteiger partial charge on any atom is -0.493 e. The summed E-state index contributed by atoms with van der Waals surface area (Å²) in [5.74, 6) is 0.950. The number of allylic oxidation sites excluding steroid dienone is 3. The van der Waals surface area contributed by atoms with Crippen molar-refractivity contribution in [2.45, 2.75) is 26.7 Å². The number of Topliss-reactive ketones (excluding diaryl/α,β-unsaturated/α-hetero) is 1. The van der Waals surface area contributed by atoms with Crippen LogP contribution in [0.5, 0.6) is 0 Å². The summed E-state index contributed by atoms with van der Waals surface area (Å²) in [4.78, 5) is 23.8. The number of carbonyl (C=O) groups excluding carboxylic acids is 2. The number of carbonyl (C=O) groups is 2. The van der Waals surface area contributed by atoms with Crippen molar-refractivity contribution in [2.24, 2.45) is 11.8 Å². The predicted molar refractivity (Wildman–Crippen MR) is 59.7 cm³/mol. The molecule has 0 aromatic heterocycles. The van der Waals surface area contributed by atoms with Crippen LogP contribution < -0.4 is 0 Å². The Labute approximate surface area is 95.2 Å². The minimum atomic E-state index is -0.101. The van der Waals surface area contributed by atoms with Gasteiger partial charge in [0.1, 0.15) is 0 Å². The molecule has 0 spiro atoms. The first-order chi connectivity index (χ1) is 7.54. The van der Waals surface area contributed by atoms with Crippen LogP contribution in [0.3, 0.4) is 0 Å². The molecule has 3 heteroatoms. The van der Waals surface area contributed by atoms with Crippen molar-refractivity contribution in [3.63, 3.8) is 0 Å². The number of ketones is 2. The van der Waals surface area contributed by atoms with Crippen molar-refractivity contribution in [1.82, 2.24) is 0 Å². The quantitative estimate of drug-likeness (QED) is 0.635. The monoisotopic (exact) mass is 220 g/mol. The summed E-state index contributed by atoms with van der Waals surface area (Å²) in [6.07, 6.45) is 2.74. The van der Waals surface area contributed by atoms with Gasteiger partial charge in [0.2, 0.25) is 5.78 Å². The molecular weight excluding hydrogens is 204 g/mol. The summed E-state index contributed by atoms with van der Waals surface area (Å²) in [7, 11) is 1.43. The first-order valence-electron chi connectivity index (χ1n) is 5.61. The van der Waals surface area contributed by atoms with E-state index in [1.165, 1.54) is 13.2 Å². The molecule has 0 heterocycles. The Bertz CT molecular complexity index is 415. The highest BCUT2D eigenvalue weighted by atomic mass is 16.5. The van der Waals surface area contributed by atoms with Crippen LogP contribution in [0, 0.1) is 11.8 Å². The smallest absolute Gasteiger partial charge is 0.224 e. The Morgan fingerprint density at radius 2 is 1.69 bits per heavy atom. The van der Waals surface area contributed by atoms with Gasteiger partial charge in [0.25, 0.3) is 0 Å². The summed E-state index contributed by atoms with van der Waals surface area (Å²) >= 11 is 0. The summed E-state index contributed by atoms with van der Waals surface area (Å²) in [6, 6.07) is 0. The largest absolute Gasteiger partial charge is 0.493 e. The third-order valence-corrected chi connectivity index (χ3v) is 3.67. The molecule has 0 radical (unpaired) electrons. The number of methoxy groups -OCH3 is 1. The van der Waals surface area contributed by atoms with Crippen LogP contribution in [0.2, 0.25) is 0 Å². The molecule has 0 aromatic carbocycles. The molecule has 16 heavy (non-hydrogen) atoms. The van der Waals surface area contributed by atoms with Crippen molar-refractivity contribution >= 4 is 11.6 Å². The van der Waals surface area contributed by atoms with Crippen LogP contribution in [0.1, 0.15) is 26.7 Å². The molecule has 2 aliphatic carbocycles. The van der Waals surface area contributed by atoms with E-state index >= 15 is 0 Å². The maximum Gasteiger partial charge on any atom is 0.224 e. The third kappa shape index (κ3) is 1.60. The molecule has 0 saturated heterocycles. The molecule has 0 aliphatic heterocycles. The van der Waals surface area contributed by atoms with Gasteiger partial charge in [0, 0.05) is 17.2 Å². The standard InChI is InChI=1S/C13H16O3/c1-7-4-9-10(5-8(7)2)13(15)12(16-3)6-11(9)14/h6-8H,4-5H2,1-3H3/t7-,8+/m0/s1. The van der Waals surface area contributed by atoms with E-state index < -0.39 is 0 Å². The van der Waals surface area contributed by atoms with E-state index in [1.54, 1.807) is 0 Å². The molecule has 86 valence electrons. The van der Waals surface area contributed by atoms with Gasteiger partial charge in [0.05, 0.1) is 7.11 Å². The Morgan fingerprint density at radius 3 is 2.25 bits per heavy atom. The van der Waals surface area contributed by atoms with Crippen LogP contribution in [-0.2, 0) is 14.3 Å². The Balaban J connectivity index is 2.40. The highest BCUT2D eigenvalue weighted by Gasteiger charge is 2.35. The number of rotatable bonds is 1. The molecule has 3 nitrogen and oxygen atoms in total. The van der Waals surface area contributed by atoms with Crippen LogP contribution in [0.25, 0.3) is 0 Å². The van der Waals surface area contributed by atoms with Crippen molar-refractivity contribution in [3.8, 4) is 0 Å². The van der Waals surface area contributed by atoms with E-state index in [9.17, 15) is 9.59 Å². The van der Waals surface area contributed by atoms with Gasteiger partial charge in [-0.2, -0.15) is 0 Å². The molecule has 2 atom stereocenters. The van der Waals surface area contributed by atoms with Gasteiger partial charge in [-0.25, -0.2) is 0 Å². The lowest BCUT2D eigenvalue weighted by molar-refractivity contribution is -0.118.